The smallest absolute Gasteiger partial charge is 0.0525 e. The zero-order valence-electron chi connectivity index (χ0n) is 11.8. The van der Waals surface area contributed by atoms with Crippen LogP contribution in [0.3, 0.4) is 0 Å². The van der Waals surface area contributed by atoms with Gasteiger partial charge in [-0.15, -0.1) is 11.3 Å². The zero-order valence-corrected chi connectivity index (χ0v) is 14.2. The highest BCUT2D eigenvalue weighted by Crippen LogP contribution is 2.39. The van der Waals surface area contributed by atoms with E-state index in [0.717, 1.165) is 17.4 Å². The van der Waals surface area contributed by atoms with Crippen molar-refractivity contribution in [3.8, 4) is 0 Å². The van der Waals surface area contributed by atoms with Crippen LogP contribution < -0.4 is 10.6 Å². The Morgan fingerprint density at radius 2 is 2.20 bits per heavy atom. The van der Waals surface area contributed by atoms with Crippen molar-refractivity contribution < 1.29 is 0 Å². The van der Waals surface area contributed by atoms with Gasteiger partial charge in [0, 0.05) is 27.6 Å². The largest absolute Gasteiger partial charge is 0.364 e. The molecule has 0 radical (unpaired) electrons. The maximum atomic E-state index is 6.15. The fourth-order valence-electron chi connectivity index (χ4n) is 2.99. The van der Waals surface area contributed by atoms with Crippen LogP contribution in [0, 0.1) is 0 Å². The highest BCUT2D eigenvalue weighted by Gasteiger charge is 2.26. The summed E-state index contributed by atoms with van der Waals surface area (Å²) in [6.07, 6.45) is 1.13. The number of nitrogens with two attached hydrogens (primary N) is 1. The number of rotatable bonds is 2. The van der Waals surface area contributed by atoms with Crippen LogP contribution in [0.2, 0.25) is 0 Å². The van der Waals surface area contributed by atoms with Gasteiger partial charge in [-0.1, -0.05) is 22.0 Å². The maximum absolute atomic E-state index is 6.15. The van der Waals surface area contributed by atoms with Gasteiger partial charge in [-0.2, -0.15) is 0 Å². The van der Waals surface area contributed by atoms with E-state index >= 15 is 0 Å². The van der Waals surface area contributed by atoms with E-state index in [2.05, 4.69) is 64.3 Å². The standard InChI is InChI=1S/C16H19BrN2S/c1-10(18)13-4-3-12(17)9-15(13)19-7-5-16-14(11(19)2)6-8-20-16/h3-4,6,8-11H,5,7,18H2,1-2H3. The van der Waals surface area contributed by atoms with Crippen molar-refractivity contribution in [2.75, 3.05) is 11.4 Å². The molecule has 1 aromatic carbocycles. The molecule has 2 aromatic rings. The molecular formula is C16H19BrN2S. The van der Waals surface area contributed by atoms with Crippen molar-refractivity contribution in [3.05, 3.63) is 50.1 Å². The third-order valence-electron chi connectivity index (χ3n) is 4.07. The SMILES string of the molecule is CC(N)c1ccc(Br)cc1N1CCc2sccc2C1C. The fourth-order valence-corrected chi connectivity index (χ4v) is 4.30. The second-order valence-corrected chi connectivity index (χ2v) is 7.33. The molecule has 0 saturated heterocycles. The lowest BCUT2D eigenvalue weighted by molar-refractivity contribution is 0.626. The molecular weight excluding hydrogens is 332 g/mol. The van der Waals surface area contributed by atoms with Gasteiger partial charge in [0.1, 0.15) is 0 Å². The summed E-state index contributed by atoms with van der Waals surface area (Å²) >= 11 is 5.47. The van der Waals surface area contributed by atoms with Gasteiger partial charge < -0.3 is 10.6 Å². The molecule has 106 valence electrons. The molecule has 0 fully saturated rings. The van der Waals surface area contributed by atoms with E-state index < -0.39 is 0 Å². The van der Waals surface area contributed by atoms with Gasteiger partial charge in [0.25, 0.3) is 0 Å². The Morgan fingerprint density at radius 3 is 2.95 bits per heavy atom. The molecule has 0 aliphatic carbocycles. The highest BCUT2D eigenvalue weighted by atomic mass is 79.9. The summed E-state index contributed by atoms with van der Waals surface area (Å²) in [4.78, 5) is 4.02. The average Bonchev–Trinajstić information content (AvgIpc) is 2.88. The van der Waals surface area contributed by atoms with E-state index in [1.165, 1.54) is 21.7 Å². The van der Waals surface area contributed by atoms with Crippen molar-refractivity contribution >= 4 is 33.0 Å². The van der Waals surface area contributed by atoms with Crippen molar-refractivity contribution in [1.82, 2.24) is 0 Å². The summed E-state index contributed by atoms with van der Waals surface area (Å²) in [5.74, 6) is 0. The molecule has 2 atom stereocenters. The number of thiophene rings is 1. The molecule has 2 heterocycles. The summed E-state index contributed by atoms with van der Waals surface area (Å²) in [6.45, 7) is 5.40. The van der Waals surface area contributed by atoms with Crippen molar-refractivity contribution in [1.29, 1.82) is 0 Å². The van der Waals surface area contributed by atoms with Crippen LogP contribution in [0.15, 0.2) is 34.1 Å². The number of benzene rings is 1. The second kappa shape index (κ2) is 5.51. The molecule has 0 bridgehead atoms. The van der Waals surface area contributed by atoms with E-state index in [1.807, 2.05) is 11.3 Å². The summed E-state index contributed by atoms with van der Waals surface area (Å²) in [5, 5.41) is 2.21. The van der Waals surface area contributed by atoms with Crippen molar-refractivity contribution in [3.63, 3.8) is 0 Å². The van der Waals surface area contributed by atoms with Gasteiger partial charge in [-0.25, -0.2) is 0 Å². The lowest BCUT2D eigenvalue weighted by Crippen LogP contribution is -2.34. The predicted molar refractivity (Wildman–Crippen MR) is 90.5 cm³/mol. The van der Waals surface area contributed by atoms with E-state index in [1.54, 1.807) is 0 Å². The van der Waals surface area contributed by atoms with E-state index in [4.69, 9.17) is 5.73 Å². The lowest BCUT2D eigenvalue weighted by atomic mass is 9.98. The Morgan fingerprint density at radius 1 is 1.40 bits per heavy atom. The minimum absolute atomic E-state index is 0.0502. The topological polar surface area (TPSA) is 29.3 Å². The first-order valence-electron chi connectivity index (χ1n) is 6.96. The van der Waals surface area contributed by atoms with Gasteiger partial charge >= 0.3 is 0 Å². The molecule has 1 aliphatic heterocycles. The van der Waals surface area contributed by atoms with E-state index in [0.29, 0.717) is 6.04 Å². The first-order chi connectivity index (χ1) is 9.58. The van der Waals surface area contributed by atoms with Crippen LogP contribution in [0.4, 0.5) is 5.69 Å². The lowest BCUT2D eigenvalue weighted by Gasteiger charge is -2.37. The second-order valence-electron chi connectivity index (χ2n) is 5.41. The van der Waals surface area contributed by atoms with Crippen LogP contribution in [-0.2, 0) is 6.42 Å². The molecule has 0 amide bonds. The number of hydrogen-bond acceptors (Lipinski definition) is 3. The Kier molecular flexibility index (Phi) is 3.89. The quantitative estimate of drug-likeness (QED) is 0.853. The van der Waals surface area contributed by atoms with Gasteiger partial charge in [0.2, 0.25) is 0 Å². The first kappa shape index (κ1) is 14.1. The summed E-state index contributed by atoms with van der Waals surface area (Å²) in [7, 11) is 0. The first-order valence-corrected chi connectivity index (χ1v) is 8.63. The normalized spacial score (nSPS) is 19.8. The van der Waals surface area contributed by atoms with Crippen LogP contribution in [0.5, 0.6) is 0 Å². The van der Waals surface area contributed by atoms with Gasteiger partial charge in [-0.05, 0) is 55.0 Å². The van der Waals surface area contributed by atoms with Gasteiger partial charge in [0.15, 0.2) is 0 Å². The van der Waals surface area contributed by atoms with Crippen LogP contribution >= 0.6 is 27.3 Å². The number of fused-ring (bicyclic) bond motifs is 1. The van der Waals surface area contributed by atoms with E-state index in [9.17, 15) is 0 Å². The summed E-state index contributed by atoms with van der Waals surface area (Å²) in [5.41, 5.74) is 10.1. The van der Waals surface area contributed by atoms with Gasteiger partial charge in [0.05, 0.1) is 6.04 Å². The molecule has 1 aliphatic rings. The number of halogens is 1. The molecule has 0 saturated carbocycles. The Bertz CT molecular complexity index is 621. The predicted octanol–water partition coefficient (Wildman–Crippen LogP) is 4.65. The maximum Gasteiger partial charge on any atom is 0.0525 e. The van der Waals surface area contributed by atoms with Crippen LogP contribution in [-0.4, -0.2) is 6.54 Å². The minimum Gasteiger partial charge on any atom is -0.364 e. The molecule has 2 nitrogen and oxygen atoms in total. The third-order valence-corrected chi connectivity index (χ3v) is 5.56. The molecule has 3 rings (SSSR count). The Balaban J connectivity index is 2.04. The molecule has 4 heteroatoms. The Hall–Kier alpha value is -0.840. The summed E-state index contributed by atoms with van der Waals surface area (Å²) in [6, 6.07) is 9.14. The van der Waals surface area contributed by atoms with Crippen molar-refractivity contribution in [2.24, 2.45) is 5.73 Å². The fraction of sp³-hybridized carbons (Fsp3) is 0.375. The number of hydrogen-bond donors (Lipinski definition) is 1. The van der Waals surface area contributed by atoms with Crippen LogP contribution in [0.1, 0.15) is 41.9 Å². The van der Waals surface area contributed by atoms with E-state index in [-0.39, 0.29) is 6.04 Å². The molecule has 2 unspecified atom stereocenters. The number of nitrogens with zero attached hydrogens (tertiary/aromatic N) is 1. The third kappa shape index (κ3) is 2.41. The average molecular weight is 351 g/mol. The van der Waals surface area contributed by atoms with Gasteiger partial charge in [-0.3, -0.25) is 0 Å². The summed E-state index contributed by atoms with van der Waals surface area (Å²) < 4.78 is 1.11. The molecule has 20 heavy (non-hydrogen) atoms. The molecule has 0 spiro atoms. The van der Waals surface area contributed by atoms with Crippen molar-refractivity contribution in [2.45, 2.75) is 32.4 Å². The molecule has 1 aromatic heterocycles. The highest BCUT2D eigenvalue weighted by molar-refractivity contribution is 9.10. The molecule has 2 N–H and O–H groups in total. The number of anilines is 1. The minimum atomic E-state index is 0.0502. The van der Waals surface area contributed by atoms with Crippen LogP contribution in [0.25, 0.3) is 0 Å². The zero-order chi connectivity index (χ0) is 14.3. The monoisotopic (exact) mass is 350 g/mol. The Labute approximate surface area is 132 Å².